The topological polar surface area (TPSA) is 51.2 Å². The van der Waals surface area contributed by atoms with E-state index in [2.05, 4.69) is 31.1 Å². The number of aromatic nitrogens is 1. The lowest BCUT2D eigenvalue weighted by Crippen LogP contribution is -2.32. The van der Waals surface area contributed by atoms with Crippen molar-refractivity contribution in [2.75, 3.05) is 7.11 Å². The van der Waals surface area contributed by atoms with Crippen LogP contribution < -0.4 is 10.1 Å². The minimum absolute atomic E-state index is 0.00126. The lowest BCUT2D eigenvalue weighted by molar-refractivity contribution is -0.121. The van der Waals surface area contributed by atoms with Gasteiger partial charge in [-0.15, -0.1) is 0 Å². The van der Waals surface area contributed by atoms with Crippen molar-refractivity contribution < 1.29 is 9.53 Å². The smallest absolute Gasteiger partial charge is 0.224 e. The Labute approximate surface area is 144 Å². The maximum Gasteiger partial charge on any atom is 0.224 e. The van der Waals surface area contributed by atoms with Gasteiger partial charge in [-0.05, 0) is 41.2 Å². The van der Waals surface area contributed by atoms with Crippen LogP contribution in [0.15, 0.2) is 48.8 Å². The van der Waals surface area contributed by atoms with Crippen molar-refractivity contribution in [2.45, 2.75) is 39.7 Å². The van der Waals surface area contributed by atoms with Gasteiger partial charge < -0.3 is 10.1 Å². The molecule has 1 heterocycles. The van der Waals surface area contributed by atoms with E-state index in [1.807, 2.05) is 42.6 Å². The van der Waals surface area contributed by atoms with E-state index in [9.17, 15) is 4.79 Å². The van der Waals surface area contributed by atoms with Gasteiger partial charge in [0.1, 0.15) is 5.75 Å². The van der Waals surface area contributed by atoms with Crippen LogP contribution in [-0.2, 0) is 11.2 Å². The van der Waals surface area contributed by atoms with Crippen molar-refractivity contribution >= 4 is 5.91 Å². The maximum absolute atomic E-state index is 12.5. The van der Waals surface area contributed by atoms with E-state index in [1.54, 1.807) is 13.3 Å². The second kappa shape index (κ2) is 7.95. The first-order chi connectivity index (χ1) is 11.4. The van der Waals surface area contributed by atoms with Crippen LogP contribution in [0.4, 0.5) is 0 Å². The van der Waals surface area contributed by atoms with E-state index in [0.29, 0.717) is 6.42 Å². The number of nitrogens with one attached hydrogen (secondary N) is 1. The van der Waals surface area contributed by atoms with Gasteiger partial charge in [-0.1, -0.05) is 39.0 Å². The zero-order valence-corrected chi connectivity index (χ0v) is 14.9. The van der Waals surface area contributed by atoms with Crippen LogP contribution in [0, 0.1) is 5.41 Å². The summed E-state index contributed by atoms with van der Waals surface area (Å²) in [5.41, 5.74) is 2.07. The summed E-state index contributed by atoms with van der Waals surface area (Å²) in [6, 6.07) is 11.5. The molecule has 0 bridgehead atoms. The van der Waals surface area contributed by atoms with Crippen molar-refractivity contribution in [3.63, 3.8) is 0 Å². The maximum atomic E-state index is 12.5. The molecule has 0 radical (unpaired) electrons. The molecule has 1 atom stereocenters. The van der Waals surface area contributed by atoms with Crippen LogP contribution in [0.1, 0.15) is 44.4 Å². The third-order valence-electron chi connectivity index (χ3n) is 3.74. The van der Waals surface area contributed by atoms with Gasteiger partial charge in [0.05, 0.1) is 19.6 Å². The largest absolute Gasteiger partial charge is 0.497 e. The molecule has 0 saturated carbocycles. The highest BCUT2D eigenvalue weighted by Crippen LogP contribution is 2.29. The number of hydrogen-bond donors (Lipinski definition) is 1. The zero-order valence-electron chi connectivity index (χ0n) is 14.9. The molecule has 2 aromatic rings. The van der Waals surface area contributed by atoms with E-state index < -0.39 is 0 Å². The molecule has 1 amide bonds. The zero-order chi connectivity index (χ0) is 17.6. The van der Waals surface area contributed by atoms with Gasteiger partial charge >= 0.3 is 0 Å². The molecule has 1 N–H and O–H groups in total. The lowest BCUT2D eigenvalue weighted by Gasteiger charge is -2.27. The summed E-state index contributed by atoms with van der Waals surface area (Å²) in [5, 5.41) is 3.16. The summed E-state index contributed by atoms with van der Waals surface area (Å²) in [5.74, 6) is 0.764. The Bertz CT molecular complexity index is 663. The van der Waals surface area contributed by atoms with E-state index in [1.165, 1.54) is 0 Å². The Morgan fingerprint density at radius 2 is 2.04 bits per heavy atom. The standard InChI is InChI=1S/C20H26N2O2/c1-20(2,3)13-18(16-8-6-10-21-14-16)22-19(23)12-15-7-5-9-17(11-15)24-4/h5-11,14,18H,12-13H2,1-4H3,(H,22,23)/t18-/m1/s1. The number of carbonyl (C=O) groups excluding carboxylic acids is 1. The van der Waals surface area contributed by atoms with E-state index in [4.69, 9.17) is 4.74 Å². The third kappa shape index (κ3) is 5.69. The average molecular weight is 326 g/mol. The first-order valence-corrected chi connectivity index (χ1v) is 8.19. The molecular weight excluding hydrogens is 300 g/mol. The number of methoxy groups -OCH3 is 1. The number of nitrogens with zero attached hydrogens (tertiary/aromatic N) is 1. The highest BCUT2D eigenvalue weighted by atomic mass is 16.5. The average Bonchev–Trinajstić information content (AvgIpc) is 2.54. The van der Waals surface area contributed by atoms with Gasteiger partial charge in [0.15, 0.2) is 0 Å². The van der Waals surface area contributed by atoms with Gasteiger partial charge in [-0.3, -0.25) is 9.78 Å². The van der Waals surface area contributed by atoms with Crippen molar-refractivity contribution in [3.05, 3.63) is 59.9 Å². The molecule has 0 aliphatic rings. The van der Waals surface area contributed by atoms with Crippen LogP contribution >= 0.6 is 0 Å². The van der Waals surface area contributed by atoms with Crippen LogP contribution in [0.2, 0.25) is 0 Å². The highest BCUT2D eigenvalue weighted by Gasteiger charge is 2.22. The molecule has 0 fully saturated rings. The second-order valence-electron chi connectivity index (χ2n) is 7.20. The molecule has 4 heteroatoms. The monoisotopic (exact) mass is 326 g/mol. The number of benzene rings is 1. The van der Waals surface area contributed by atoms with Gasteiger partial charge in [0, 0.05) is 12.4 Å². The summed E-state index contributed by atoms with van der Waals surface area (Å²) in [6.45, 7) is 6.51. The summed E-state index contributed by atoms with van der Waals surface area (Å²) >= 11 is 0. The van der Waals surface area contributed by atoms with Gasteiger partial charge in [0.2, 0.25) is 5.91 Å². The van der Waals surface area contributed by atoms with Crippen LogP contribution in [0.3, 0.4) is 0 Å². The SMILES string of the molecule is COc1cccc(CC(=O)N[C@H](CC(C)(C)C)c2cccnc2)c1. The van der Waals surface area contributed by atoms with E-state index in [-0.39, 0.29) is 17.4 Å². The normalized spacial score (nSPS) is 12.5. The fourth-order valence-corrected chi connectivity index (χ4v) is 2.66. The fraction of sp³-hybridized carbons (Fsp3) is 0.400. The predicted molar refractivity (Wildman–Crippen MR) is 95.9 cm³/mol. The fourth-order valence-electron chi connectivity index (χ4n) is 2.66. The van der Waals surface area contributed by atoms with Gasteiger partial charge in [-0.25, -0.2) is 0 Å². The van der Waals surface area contributed by atoms with Crippen LogP contribution in [0.25, 0.3) is 0 Å². The van der Waals surface area contributed by atoms with E-state index in [0.717, 1.165) is 23.3 Å². The van der Waals surface area contributed by atoms with Crippen LogP contribution in [-0.4, -0.2) is 18.0 Å². The summed E-state index contributed by atoms with van der Waals surface area (Å²) in [6.07, 6.45) is 4.75. The summed E-state index contributed by atoms with van der Waals surface area (Å²) in [4.78, 5) is 16.7. The molecule has 2 rings (SSSR count). The number of rotatable bonds is 6. The van der Waals surface area contributed by atoms with Crippen molar-refractivity contribution in [3.8, 4) is 5.75 Å². The Morgan fingerprint density at radius 3 is 2.67 bits per heavy atom. The lowest BCUT2D eigenvalue weighted by atomic mass is 9.85. The first kappa shape index (κ1) is 18.0. The molecule has 1 aromatic heterocycles. The van der Waals surface area contributed by atoms with Gasteiger partial charge in [0.25, 0.3) is 0 Å². The highest BCUT2D eigenvalue weighted by molar-refractivity contribution is 5.79. The molecule has 0 aliphatic carbocycles. The summed E-state index contributed by atoms with van der Waals surface area (Å²) in [7, 11) is 1.63. The molecule has 0 unspecified atom stereocenters. The first-order valence-electron chi connectivity index (χ1n) is 8.19. The number of carbonyl (C=O) groups is 1. The predicted octanol–water partition coefficient (Wildman–Crippen LogP) is 3.93. The quantitative estimate of drug-likeness (QED) is 0.875. The summed E-state index contributed by atoms with van der Waals surface area (Å²) < 4.78 is 5.21. The number of pyridine rings is 1. The minimum Gasteiger partial charge on any atom is -0.497 e. The molecule has 128 valence electrons. The number of ether oxygens (including phenoxy) is 1. The number of hydrogen-bond acceptors (Lipinski definition) is 3. The minimum atomic E-state index is -0.0446. The third-order valence-corrected chi connectivity index (χ3v) is 3.74. The molecule has 24 heavy (non-hydrogen) atoms. The van der Waals surface area contributed by atoms with Crippen molar-refractivity contribution in [1.29, 1.82) is 0 Å². The molecule has 0 aliphatic heterocycles. The molecule has 4 nitrogen and oxygen atoms in total. The second-order valence-corrected chi connectivity index (χ2v) is 7.20. The molecule has 1 aromatic carbocycles. The van der Waals surface area contributed by atoms with Crippen molar-refractivity contribution in [1.82, 2.24) is 10.3 Å². The van der Waals surface area contributed by atoms with Crippen LogP contribution in [0.5, 0.6) is 5.75 Å². The Kier molecular flexibility index (Phi) is 5.96. The Morgan fingerprint density at radius 1 is 1.25 bits per heavy atom. The van der Waals surface area contributed by atoms with E-state index >= 15 is 0 Å². The Hall–Kier alpha value is -2.36. The van der Waals surface area contributed by atoms with Gasteiger partial charge in [-0.2, -0.15) is 0 Å². The number of amides is 1. The molecular formula is C20H26N2O2. The molecule has 0 spiro atoms. The van der Waals surface area contributed by atoms with Crippen molar-refractivity contribution in [2.24, 2.45) is 5.41 Å². The Balaban J connectivity index is 2.09. The molecule has 0 saturated heterocycles.